The van der Waals surface area contributed by atoms with Crippen LogP contribution in [0.2, 0.25) is 0 Å². The van der Waals surface area contributed by atoms with E-state index in [0.717, 1.165) is 25.3 Å². The molecule has 1 heterocycles. The largest absolute Gasteiger partial charge is 0.497 e. The molecule has 4 nitrogen and oxygen atoms in total. The highest BCUT2D eigenvalue weighted by Crippen LogP contribution is 2.14. The minimum Gasteiger partial charge on any atom is -0.497 e. The molecular formula is C12H15NO3. The molecule has 1 aliphatic rings. The zero-order chi connectivity index (χ0) is 11.4. The molecule has 1 amide bonds. The zero-order valence-corrected chi connectivity index (χ0v) is 9.31. The van der Waals surface area contributed by atoms with Crippen molar-refractivity contribution in [1.82, 2.24) is 4.90 Å². The fourth-order valence-electron chi connectivity index (χ4n) is 1.67. The Labute approximate surface area is 94.8 Å². The van der Waals surface area contributed by atoms with Gasteiger partial charge in [-0.25, -0.2) is 0 Å². The Bertz CT molecular complexity index is 355. The second-order valence-corrected chi connectivity index (χ2v) is 3.69. The van der Waals surface area contributed by atoms with E-state index >= 15 is 0 Å². The molecule has 0 spiro atoms. The van der Waals surface area contributed by atoms with Gasteiger partial charge in [0.15, 0.2) is 0 Å². The lowest BCUT2D eigenvalue weighted by Gasteiger charge is -2.26. The maximum atomic E-state index is 12.0. The average molecular weight is 221 g/mol. The van der Waals surface area contributed by atoms with Crippen molar-refractivity contribution in [3.05, 3.63) is 29.8 Å². The molecule has 0 bridgehead atoms. The van der Waals surface area contributed by atoms with E-state index < -0.39 is 0 Å². The molecule has 1 aromatic rings. The Kier molecular flexibility index (Phi) is 3.41. The molecule has 0 unspecified atom stereocenters. The second kappa shape index (κ2) is 4.99. The maximum Gasteiger partial charge on any atom is 0.255 e. The number of nitrogens with zero attached hydrogens (tertiary/aromatic N) is 1. The highest BCUT2D eigenvalue weighted by molar-refractivity contribution is 5.94. The van der Waals surface area contributed by atoms with Crippen LogP contribution in [-0.4, -0.2) is 37.8 Å². The van der Waals surface area contributed by atoms with Crippen molar-refractivity contribution in [3.8, 4) is 5.75 Å². The van der Waals surface area contributed by atoms with Gasteiger partial charge in [0.25, 0.3) is 5.91 Å². The summed E-state index contributed by atoms with van der Waals surface area (Å²) in [5.41, 5.74) is 0.673. The van der Waals surface area contributed by atoms with Gasteiger partial charge in [-0.2, -0.15) is 0 Å². The Morgan fingerprint density at radius 3 is 2.69 bits per heavy atom. The van der Waals surface area contributed by atoms with Gasteiger partial charge in [-0.3, -0.25) is 4.79 Å². The van der Waals surface area contributed by atoms with Gasteiger partial charge in [-0.05, 0) is 30.7 Å². The SMILES string of the molecule is COc1ccc(C(=O)N2CCCOC2)cc1. The van der Waals surface area contributed by atoms with E-state index in [1.807, 2.05) is 0 Å². The number of rotatable bonds is 2. The van der Waals surface area contributed by atoms with Gasteiger partial charge in [-0.1, -0.05) is 0 Å². The third-order valence-electron chi connectivity index (χ3n) is 2.59. The van der Waals surface area contributed by atoms with Crippen molar-refractivity contribution in [2.24, 2.45) is 0 Å². The number of methoxy groups -OCH3 is 1. The fraction of sp³-hybridized carbons (Fsp3) is 0.417. The molecule has 0 aromatic heterocycles. The summed E-state index contributed by atoms with van der Waals surface area (Å²) >= 11 is 0. The van der Waals surface area contributed by atoms with Crippen LogP contribution in [0.25, 0.3) is 0 Å². The molecule has 1 aliphatic heterocycles. The second-order valence-electron chi connectivity index (χ2n) is 3.69. The van der Waals surface area contributed by atoms with E-state index in [2.05, 4.69) is 0 Å². The number of hydrogen-bond acceptors (Lipinski definition) is 3. The lowest BCUT2D eigenvalue weighted by Crippen LogP contribution is -2.38. The van der Waals surface area contributed by atoms with Gasteiger partial charge in [0, 0.05) is 12.1 Å². The van der Waals surface area contributed by atoms with Crippen molar-refractivity contribution in [2.45, 2.75) is 6.42 Å². The van der Waals surface area contributed by atoms with E-state index in [4.69, 9.17) is 9.47 Å². The summed E-state index contributed by atoms with van der Waals surface area (Å²) in [6.45, 7) is 1.90. The van der Waals surface area contributed by atoms with Crippen molar-refractivity contribution >= 4 is 5.91 Å². The van der Waals surface area contributed by atoms with Crippen LogP contribution in [0.15, 0.2) is 24.3 Å². The van der Waals surface area contributed by atoms with Gasteiger partial charge in [0.1, 0.15) is 12.5 Å². The molecule has 86 valence electrons. The normalized spacial score (nSPS) is 15.9. The van der Waals surface area contributed by atoms with Crippen LogP contribution in [0.3, 0.4) is 0 Å². The van der Waals surface area contributed by atoms with Gasteiger partial charge >= 0.3 is 0 Å². The quantitative estimate of drug-likeness (QED) is 0.760. The standard InChI is InChI=1S/C12H15NO3/c1-15-11-5-3-10(4-6-11)12(14)13-7-2-8-16-9-13/h3-6H,2,7-9H2,1H3. The number of carbonyl (C=O) groups excluding carboxylic acids is 1. The van der Waals surface area contributed by atoms with E-state index in [9.17, 15) is 4.79 Å². The topological polar surface area (TPSA) is 38.8 Å². The van der Waals surface area contributed by atoms with Crippen LogP contribution in [0.4, 0.5) is 0 Å². The molecule has 0 atom stereocenters. The monoisotopic (exact) mass is 221 g/mol. The molecule has 1 saturated heterocycles. The third-order valence-corrected chi connectivity index (χ3v) is 2.59. The molecule has 1 aromatic carbocycles. The molecule has 0 radical (unpaired) electrons. The predicted molar refractivity (Wildman–Crippen MR) is 59.5 cm³/mol. The Balaban J connectivity index is 2.07. The molecule has 0 saturated carbocycles. The minimum absolute atomic E-state index is 0.0161. The van der Waals surface area contributed by atoms with Crippen LogP contribution in [0.1, 0.15) is 16.8 Å². The first-order valence-electron chi connectivity index (χ1n) is 5.32. The van der Waals surface area contributed by atoms with Crippen molar-refractivity contribution in [2.75, 3.05) is 27.0 Å². The first-order valence-corrected chi connectivity index (χ1v) is 5.32. The summed E-state index contributed by atoms with van der Waals surface area (Å²) in [5.74, 6) is 0.772. The summed E-state index contributed by atoms with van der Waals surface area (Å²) in [6.07, 6.45) is 0.905. The van der Waals surface area contributed by atoms with E-state index in [1.165, 1.54) is 0 Å². The van der Waals surface area contributed by atoms with Gasteiger partial charge < -0.3 is 14.4 Å². The van der Waals surface area contributed by atoms with Crippen molar-refractivity contribution in [1.29, 1.82) is 0 Å². The summed E-state index contributed by atoms with van der Waals surface area (Å²) in [7, 11) is 1.61. The number of carbonyl (C=O) groups is 1. The van der Waals surface area contributed by atoms with Crippen molar-refractivity contribution < 1.29 is 14.3 Å². The molecule has 1 fully saturated rings. The van der Waals surface area contributed by atoms with Gasteiger partial charge in [0.2, 0.25) is 0 Å². The van der Waals surface area contributed by atoms with Crippen LogP contribution >= 0.6 is 0 Å². The van der Waals surface area contributed by atoms with Gasteiger partial charge in [-0.15, -0.1) is 0 Å². The zero-order valence-electron chi connectivity index (χ0n) is 9.31. The Morgan fingerprint density at radius 1 is 1.38 bits per heavy atom. The highest BCUT2D eigenvalue weighted by atomic mass is 16.5. The Morgan fingerprint density at radius 2 is 2.12 bits per heavy atom. The third kappa shape index (κ3) is 2.33. The van der Waals surface area contributed by atoms with Crippen LogP contribution in [0.5, 0.6) is 5.75 Å². The summed E-state index contributed by atoms with van der Waals surface area (Å²) in [4.78, 5) is 13.7. The van der Waals surface area contributed by atoms with E-state index in [1.54, 1.807) is 36.3 Å². The number of ether oxygens (including phenoxy) is 2. The predicted octanol–water partition coefficient (Wildman–Crippen LogP) is 1.52. The summed E-state index contributed by atoms with van der Waals surface area (Å²) in [5, 5.41) is 0. The van der Waals surface area contributed by atoms with Crippen LogP contribution < -0.4 is 4.74 Å². The minimum atomic E-state index is 0.0161. The number of amides is 1. The molecule has 2 rings (SSSR count). The summed E-state index contributed by atoms with van der Waals surface area (Å²) in [6, 6.07) is 7.13. The average Bonchev–Trinajstić information content (AvgIpc) is 2.39. The molecule has 16 heavy (non-hydrogen) atoms. The number of benzene rings is 1. The van der Waals surface area contributed by atoms with Crippen LogP contribution in [0, 0.1) is 0 Å². The van der Waals surface area contributed by atoms with Crippen molar-refractivity contribution in [3.63, 3.8) is 0 Å². The molecular weight excluding hydrogens is 206 g/mol. The smallest absolute Gasteiger partial charge is 0.255 e. The first-order chi connectivity index (χ1) is 7.81. The van der Waals surface area contributed by atoms with Gasteiger partial charge in [0.05, 0.1) is 13.7 Å². The maximum absolute atomic E-state index is 12.0. The number of hydrogen-bond donors (Lipinski definition) is 0. The fourth-order valence-corrected chi connectivity index (χ4v) is 1.67. The summed E-state index contributed by atoms with van der Waals surface area (Å²) < 4.78 is 10.3. The molecule has 0 N–H and O–H groups in total. The van der Waals surface area contributed by atoms with E-state index in [-0.39, 0.29) is 5.91 Å². The molecule has 0 aliphatic carbocycles. The Hall–Kier alpha value is -1.55. The van der Waals surface area contributed by atoms with E-state index in [0.29, 0.717) is 12.3 Å². The first kappa shape index (κ1) is 11.0. The molecule has 4 heteroatoms. The lowest BCUT2D eigenvalue weighted by atomic mass is 10.2. The van der Waals surface area contributed by atoms with Crippen LogP contribution in [-0.2, 0) is 4.74 Å². The lowest BCUT2D eigenvalue weighted by molar-refractivity contribution is -0.00571. The highest BCUT2D eigenvalue weighted by Gasteiger charge is 2.18.